The normalized spacial score (nSPS) is 13.8. The minimum absolute atomic E-state index is 0.0306. The molecule has 2 nitrogen and oxygen atoms in total. The predicted molar refractivity (Wildman–Crippen MR) is 64.2 cm³/mol. The number of hydrogen-bond donors (Lipinski definition) is 0. The van der Waals surface area contributed by atoms with Gasteiger partial charge in [0.05, 0.1) is 11.1 Å². The van der Waals surface area contributed by atoms with E-state index in [1.807, 2.05) is 31.2 Å². The molecule has 0 saturated heterocycles. The fourth-order valence-electron chi connectivity index (χ4n) is 1.47. The van der Waals surface area contributed by atoms with Crippen LogP contribution in [-0.4, -0.2) is 25.8 Å². The molecule has 1 atom stereocenters. The molecule has 0 saturated carbocycles. The zero-order chi connectivity index (χ0) is 11.5. The number of halogens is 1. The van der Waals surface area contributed by atoms with Gasteiger partial charge >= 0.3 is 0 Å². The Balaban J connectivity index is 2.67. The van der Waals surface area contributed by atoms with E-state index in [9.17, 15) is 8.42 Å². The first-order valence-electron chi connectivity index (χ1n) is 4.75. The van der Waals surface area contributed by atoms with E-state index >= 15 is 0 Å². The number of rotatable bonds is 4. The summed E-state index contributed by atoms with van der Waals surface area (Å²) in [5.41, 5.74) is 2.26. The van der Waals surface area contributed by atoms with Crippen molar-refractivity contribution in [3.63, 3.8) is 0 Å². The Morgan fingerprint density at radius 2 is 1.93 bits per heavy atom. The van der Waals surface area contributed by atoms with Crippen molar-refractivity contribution in [2.75, 3.05) is 12.0 Å². The van der Waals surface area contributed by atoms with Gasteiger partial charge in [-0.1, -0.05) is 24.3 Å². The van der Waals surface area contributed by atoms with Crippen molar-refractivity contribution in [3.8, 4) is 0 Å². The van der Waals surface area contributed by atoms with Gasteiger partial charge in [-0.3, -0.25) is 0 Å². The molecule has 1 rings (SSSR count). The zero-order valence-corrected chi connectivity index (χ0v) is 10.5. The highest BCUT2D eigenvalue weighted by atomic mass is 35.5. The second-order valence-corrected chi connectivity index (χ2v) is 6.62. The second kappa shape index (κ2) is 4.99. The predicted octanol–water partition coefficient (Wildman–Crippen LogP) is 2.19. The maximum Gasteiger partial charge on any atom is 0.148 e. The minimum Gasteiger partial charge on any atom is -0.229 e. The first kappa shape index (κ1) is 12.5. The van der Waals surface area contributed by atoms with Gasteiger partial charge in [0.1, 0.15) is 9.84 Å². The fraction of sp³-hybridized carbons (Fsp3) is 0.455. The van der Waals surface area contributed by atoms with Gasteiger partial charge < -0.3 is 0 Å². The Bertz CT molecular complexity index is 426. The lowest BCUT2D eigenvalue weighted by atomic mass is 10.0. The first-order chi connectivity index (χ1) is 6.88. The molecular formula is C11H15ClO2S. The van der Waals surface area contributed by atoms with E-state index in [-0.39, 0.29) is 11.1 Å². The van der Waals surface area contributed by atoms with E-state index < -0.39 is 9.84 Å². The third kappa shape index (κ3) is 4.67. The highest BCUT2D eigenvalue weighted by Crippen LogP contribution is 2.13. The van der Waals surface area contributed by atoms with Gasteiger partial charge in [-0.05, 0) is 24.5 Å². The van der Waals surface area contributed by atoms with Gasteiger partial charge in [0.2, 0.25) is 0 Å². The molecule has 0 N–H and O–H groups in total. The summed E-state index contributed by atoms with van der Waals surface area (Å²) in [6.07, 6.45) is 1.81. The van der Waals surface area contributed by atoms with Crippen molar-refractivity contribution in [3.05, 3.63) is 35.4 Å². The summed E-state index contributed by atoms with van der Waals surface area (Å²) in [7, 11) is -2.99. The quantitative estimate of drug-likeness (QED) is 0.764. The Morgan fingerprint density at radius 3 is 2.47 bits per heavy atom. The summed E-state index contributed by atoms with van der Waals surface area (Å²) in [5, 5.41) is -0.346. The lowest BCUT2D eigenvalue weighted by Gasteiger charge is -2.10. The highest BCUT2D eigenvalue weighted by Gasteiger charge is 2.13. The van der Waals surface area contributed by atoms with Crippen molar-refractivity contribution in [1.29, 1.82) is 0 Å². The number of alkyl halides is 1. The monoisotopic (exact) mass is 246 g/mol. The van der Waals surface area contributed by atoms with E-state index in [0.29, 0.717) is 6.42 Å². The molecule has 1 aromatic carbocycles. The van der Waals surface area contributed by atoms with Gasteiger partial charge in [0.15, 0.2) is 0 Å². The molecule has 0 aliphatic carbocycles. The molecule has 0 aliphatic rings. The van der Waals surface area contributed by atoms with E-state index in [1.165, 1.54) is 6.26 Å². The SMILES string of the molecule is Cc1ccccc1CC(Cl)CS(C)(=O)=O. The molecule has 15 heavy (non-hydrogen) atoms. The molecule has 0 bridgehead atoms. The van der Waals surface area contributed by atoms with Crippen LogP contribution in [-0.2, 0) is 16.3 Å². The molecule has 84 valence electrons. The molecule has 0 aliphatic heterocycles. The largest absolute Gasteiger partial charge is 0.229 e. The molecule has 0 amide bonds. The van der Waals surface area contributed by atoms with Crippen LogP contribution in [0.5, 0.6) is 0 Å². The standard InChI is InChI=1S/C11H15ClO2S/c1-9-5-3-4-6-10(9)7-11(12)8-15(2,13)14/h3-6,11H,7-8H2,1-2H3. The highest BCUT2D eigenvalue weighted by molar-refractivity contribution is 7.90. The van der Waals surface area contributed by atoms with Crippen LogP contribution in [0.2, 0.25) is 0 Å². The molecule has 1 unspecified atom stereocenters. The van der Waals surface area contributed by atoms with Crippen LogP contribution in [0.15, 0.2) is 24.3 Å². The summed E-state index contributed by atoms with van der Waals surface area (Å²) >= 11 is 5.99. The van der Waals surface area contributed by atoms with Crippen molar-refractivity contribution >= 4 is 21.4 Å². The van der Waals surface area contributed by atoms with Crippen LogP contribution in [0.4, 0.5) is 0 Å². The van der Waals surface area contributed by atoms with Crippen molar-refractivity contribution in [1.82, 2.24) is 0 Å². The number of aryl methyl sites for hydroxylation is 1. The summed E-state index contributed by atoms with van der Waals surface area (Å²) in [5.74, 6) is 0.0306. The van der Waals surface area contributed by atoms with Gasteiger partial charge in [-0.25, -0.2) is 8.42 Å². The zero-order valence-electron chi connectivity index (χ0n) is 8.90. The summed E-state index contributed by atoms with van der Waals surface area (Å²) in [6, 6.07) is 7.87. The minimum atomic E-state index is -2.99. The number of hydrogen-bond acceptors (Lipinski definition) is 2. The van der Waals surface area contributed by atoms with Gasteiger partial charge in [0.25, 0.3) is 0 Å². The molecule has 0 fully saturated rings. The van der Waals surface area contributed by atoms with Crippen molar-refractivity contribution < 1.29 is 8.42 Å². The average Bonchev–Trinajstić information content (AvgIpc) is 2.05. The van der Waals surface area contributed by atoms with Crippen LogP contribution in [0.1, 0.15) is 11.1 Å². The first-order valence-corrected chi connectivity index (χ1v) is 7.24. The molecule has 1 aromatic rings. The van der Waals surface area contributed by atoms with E-state index in [2.05, 4.69) is 0 Å². The second-order valence-electron chi connectivity index (χ2n) is 3.82. The van der Waals surface area contributed by atoms with Gasteiger partial charge in [-0.15, -0.1) is 11.6 Å². The lowest BCUT2D eigenvalue weighted by Crippen LogP contribution is -2.17. The summed E-state index contributed by atoms with van der Waals surface area (Å²) in [4.78, 5) is 0. The number of sulfone groups is 1. The van der Waals surface area contributed by atoms with Crippen LogP contribution in [0, 0.1) is 6.92 Å². The maximum absolute atomic E-state index is 11.0. The third-order valence-electron chi connectivity index (χ3n) is 2.19. The fourth-order valence-corrected chi connectivity index (χ4v) is 3.09. The molecule has 0 spiro atoms. The Hall–Kier alpha value is -0.540. The third-order valence-corrected chi connectivity index (χ3v) is 3.69. The van der Waals surface area contributed by atoms with Crippen LogP contribution >= 0.6 is 11.6 Å². The van der Waals surface area contributed by atoms with E-state index in [1.54, 1.807) is 0 Å². The summed E-state index contributed by atoms with van der Waals surface area (Å²) < 4.78 is 22.1. The summed E-state index contributed by atoms with van der Waals surface area (Å²) in [6.45, 7) is 2.00. The molecule has 0 radical (unpaired) electrons. The van der Waals surface area contributed by atoms with Crippen LogP contribution in [0.25, 0.3) is 0 Å². The van der Waals surface area contributed by atoms with Gasteiger partial charge in [-0.2, -0.15) is 0 Å². The smallest absolute Gasteiger partial charge is 0.148 e. The topological polar surface area (TPSA) is 34.1 Å². The molecular weight excluding hydrogens is 232 g/mol. The van der Waals surface area contributed by atoms with E-state index in [0.717, 1.165) is 11.1 Å². The van der Waals surface area contributed by atoms with Crippen LogP contribution < -0.4 is 0 Å². The van der Waals surface area contributed by atoms with Gasteiger partial charge in [0, 0.05) is 6.26 Å². The van der Waals surface area contributed by atoms with Crippen molar-refractivity contribution in [2.45, 2.75) is 18.7 Å². The Morgan fingerprint density at radius 1 is 1.33 bits per heavy atom. The average molecular weight is 247 g/mol. The van der Waals surface area contributed by atoms with Crippen LogP contribution in [0.3, 0.4) is 0 Å². The van der Waals surface area contributed by atoms with Crippen molar-refractivity contribution in [2.24, 2.45) is 0 Å². The number of benzene rings is 1. The Kier molecular flexibility index (Phi) is 4.17. The molecule has 0 heterocycles. The Labute approximate surface area is 96.2 Å². The molecule has 4 heteroatoms. The van der Waals surface area contributed by atoms with E-state index in [4.69, 9.17) is 11.6 Å². The maximum atomic E-state index is 11.0. The molecule has 0 aromatic heterocycles. The lowest BCUT2D eigenvalue weighted by molar-refractivity contribution is 0.599.